The van der Waals surface area contributed by atoms with E-state index in [1.54, 1.807) is 63.6 Å². The van der Waals surface area contributed by atoms with Crippen molar-refractivity contribution in [2.24, 2.45) is 0 Å². The number of hydrogen-bond donors (Lipinski definition) is 1. The molecular weight excluding hydrogens is 304 g/mol. The van der Waals surface area contributed by atoms with E-state index < -0.39 is 0 Å². The molecule has 0 aromatic heterocycles. The maximum atomic E-state index is 12.2. The zero-order valence-corrected chi connectivity index (χ0v) is 13.8. The number of benzene rings is 2. The Bertz CT molecular complexity index is 802. The van der Waals surface area contributed by atoms with Crippen LogP contribution >= 0.6 is 0 Å². The topological polar surface area (TPSA) is 71.3 Å². The van der Waals surface area contributed by atoms with E-state index in [0.717, 1.165) is 5.56 Å². The van der Waals surface area contributed by atoms with Crippen LogP contribution in [0.25, 0.3) is 6.08 Å². The van der Waals surface area contributed by atoms with Crippen LogP contribution in [0.4, 0.5) is 5.69 Å². The van der Waals surface area contributed by atoms with Crippen LogP contribution in [0.15, 0.2) is 48.0 Å². The molecule has 1 amide bonds. The number of nitrogens with zero attached hydrogens (tertiary/aromatic N) is 1. The molecule has 2 rings (SSSR count). The van der Waals surface area contributed by atoms with Crippen molar-refractivity contribution < 1.29 is 14.3 Å². The van der Waals surface area contributed by atoms with Gasteiger partial charge in [-0.3, -0.25) is 4.79 Å². The third-order valence-corrected chi connectivity index (χ3v) is 3.42. The molecule has 0 fully saturated rings. The van der Waals surface area contributed by atoms with Gasteiger partial charge in [-0.05, 0) is 55.0 Å². The van der Waals surface area contributed by atoms with Crippen molar-refractivity contribution >= 4 is 17.7 Å². The van der Waals surface area contributed by atoms with Crippen LogP contribution in [0.2, 0.25) is 0 Å². The molecule has 2 aromatic rings. The maximum absolute atomic E-state index is 12.2. The maximum Gasteiger partial charge on any atom is 0.251 e. The number of anilines is 1. The average Bonchev–Trinajstić information content (AvgIpc) is 2.62. The summed E-state index contributed by atoms with van der Waals surface area (Å²) in [7, 11) is 3.14. The molecule has 2 aromatic carbocycles. The van der Waals surface area contributed by atoms with Crippen LogP contribution in [0.3, 0.4) is 0 Å². The normalized spacial score (nSPS) is 10.7. The summed E-state index contributed by atoms with van der Waals surface area (Å²) in [6.45, 7) is 1.73. The molecular formula is C19H18N2O3. The van der Waals surface area contributed by atoms with Gasteiger partial charge in [0.25, 0.3) is 5.91 Å². The number of nitrogens with one attached hydrogen (secondary N) is 1. The molecule has 0 spiro atoms. The Kier molecular flexibility index (Phi) is 5.58. The monoisotopic (exact) mass is 322 g/mol. The highest BCUT2D eigenvalue weighted by molar-refractivity contribution is 6.06. The number of carbonyl (C=O) groups is 1. The SMILES string of the molecule is COc1ccc(/C=C(\C)C(=O)Nc2ccc(C#N)cc2)cc1OC. The summed E-state index contributed by atoms with van der Waals surface area (Å²) >= 11 is 0. The molecule has 0 atom stereocenters. The summed E-state index contributed by atoms with van der Waals surface area (Å²) in [5.74, 6) is 1.02. The lowest BCUT2D eigenvalue weighted by molar-refractivity contribution is -0.112. The van der Waals surface area contributed by atoms with Crippen molar-refractivity contribution in [3.05, 3.63) is 59.2 Å². The van der Waals surface area contributed by atoms with Crippen LogP contribution in [-0.4, -0.2) is 20.1 Å². The summed E-state index contributed by atoms with van der Waals surface area (Å²) in [4.78, 5) is 12.2. The molecule has 5 nitrogen and oxygen atoms in total. The largest absolute Gasteiger partial charge is 0.493 e. The van der Waals surface area contributed by atoms with Crippen LogP contribution < -0.4 is 14.8 Å². The second-order valence-electron chi connectivity index (χ2n) is 5.09. The molecule has 0 aliphatic carbocycles. The highest BCUT2D eigenvalue weighted by atomic mass is 16.5. The summed E-state index contributed by atoms with van der Waals surface area (Å²) in [5, 5.41) is 11.6. The first-order chi connectivity index (χ1) is 11.6. The minimum absolute atomic E-state index is 0.213. The number of amides is 1. The number of hydrogen-bond acceptors (Lipinski definition) is 4. The Hall–Kier alpha value is -3.26. The van der Waals surface area contributed by atoms with Gasteiger partial charge in [-0.25, -0.2) is 0 Å². The van der Waals surface area contributed by atoms with Crippen molar-refractivity contribution in [2.45, 2.75) is 6.92 Å². The fourth-order valence-electron chi connectivity index (χ4n) is 2.12. The third kappa shape index (κ3) is 4.14. The quantitative estimate of drug-likeness (QED) is 0.854. The molecule has 24 heavy (non-hydrogen) atoms. The van der Waals surface area contributed by atoms with Gasteiger partial charge in [0.05, 0.1) is 25.9 Å². The summed E-state index contributed by atoms with van der Waals surface area (Å²) < 4.78 is 10.4. The van der Waals surface area contributed by atoms with Crippen molar-refractivity contribution in [2.75, 3.05) is 19.5 Å². The van der Waals surface area contributed by atoms with Gasteiger partial charge in [0.1, 0.15) is 0 Å². The lowest BCUT2D eigenvalue weighted by Gasteiger charge is -2.09. The van der Waals surface area contributed by atoms with E-state index in [2.05, 4.69) is 5.32 Å². The van der Waals surface area contributed by atoms with Gasteiger partial charge in [-0.1, -0.05) is 6.07 Å². The van der Waals surface area contributed by atoms with Gasteiger partial charge in [0.2, 0.25) is 0 Å². The van der Waals surface area contributed by atoms with Crippen LogP contribution in [0, 0.1) is 11.3 Å². The first kappa shape index (κ1) is 17.1. The third-order valence-electron chi connectivity index (χ3n) is 3.42. The smallest absolute Gasteiger partial charge is 0.251 e. The first-order valence-corrected chi connectivity index (χ1v) is 7.29. The molecule has 0 heterocycles. The summed E-state index contributed by atoms with van der Waals surface area (Å²) in [5.41, 5.74) is 2.57. The zero-order chi connectivity index (χ0) is 17.5. The van der Waals surface area contributed by atoms with E-state index in [0.29, 0.717) is 28.3 Å². The first-order valence-electron chi connectivity index (χ1n) is 7.29. The molecule has 0 saturated carbocycles. The molecule has 122 valence electrons. The van der Waals surface area contributed by atoms with E-state index in [1.807, 2.05) is 12.1 Å². The zero-order valence-electron chi connectivity index (χ0n) is 13.8. The van der Waals surface area contributed by atoms with Gasteiger partial charge in [0.15, 0.2) is 11.5 Å². The van der Waals surface area contributed by atoms with Gasteiger partial charge in [-0.15, -0.1) is 0 Å². The fourth-order valence-corrected chi connectivity index (χ4v) is 2.12. The molecule has 0 bridgehead atoms. The minimum atomic E-state index is -0.213. The average molecular weight is 322 g/mol. The molecule has 0 unspecified atom stereocenters. The number of nitriles is 1. The molecule has 5 heteroatoms. The Morgan fingerprint density at radius 2 is 1.75 bits per heavy atom. The number of rotatable bonds is 5. The van der Waals surface area contributed by atoms with Crippen molar-refractivity contribution in [1.29, 1.82) is 5.26 Å². The van der Waals surface area contributed by atoms with Crippen LogP contribution in [-0.2, 0) is 4.79 Å². The van der Waals surface area contributed by atoms with E-state index >= 15 is 0 Å². The lowest BCUT2D eigenvalue weighted by Crippen LogP contribution is -2.12. The van der Waals surface area contributed by atoms with E-state index in [4.69, 9.17) is 14.7 Å². The van der Waals surface area contributed by atoms with E-state index in [9.17, 15) is 4.79 Å². The highest BCUT2D eigenvalue weighted by Crippen LogP contribution is 2.28. The minimum Gasteiger partial charge on any atom is -0.493 e. The Morgan fingerprint density at radius 3 is 2.33 bits per heavy atom. The second-order valence-corrected chi connectivity index (χ2v) is 5.09. The Morgan fingerprint density at radius 1 is 1.08 bits per heavy atom. The Labute approximate surface area is 141 Å². The summed E-state index contributed by atoms with van der Waals surface area (Å²) in [6.07, 6.45) is 1.76. The van der Waals surface area contributed by atoms with Gasteiger partial charge in [-0.2, -0.15) is 5.26 Å². The standard InChI is InChI=1S/C19H18N2O3/c1-13(10-15-6-9-17(23-2)18(11-15)24-3)19(22)21-16-7-4-14(12-20)5-8-16/h4-11H,1-3H3,(H,21,22)/b13-10+. The van der Waals surface area contributed by atoms with Crippen molar-refractivity contribution in [1.82, 2.24) is 0 Å². The van der Waals surface area contributed by atoms with E-state index in [1.165, 1.54) is 0 Å². The predicted molar refractivity (Wildman–Crippen MR) is 93.0 cm³/mol. The van der Waals surface area contributed by atoms with Crippen molar-refractivity contribution in [3.63, 3.8) is 0 Å². The second kappa shape index (κ2) is 7.84. The number of methoxy groups -OCH3 is 2. The molecule has 0 aliphatic rings. The van der Waals surface area contributed by atoms with Crippen LogP contribution in [0.1, 0.15) is 18.1 Å². The Balaban J connectivity index is 2.14. The van der Waals surface area contributed by atoms with Crippen molar-refractivity contribution in [3.8, 4) is 17.6 Å². The van der Waals surface area contributed by atoms with Crippen LogP contribution in [0.5, 0.6) is 11.5 Å². The fraction of sp³-hybridized carbons (Fsp3) is 0.158. The molecule has 0 radical (unpaired) electrons. The molecule has 1 N–H and O–H groups in total. The number of ether oxygens (including phenoxy) is 2. The van der Waals surface area contributed by atoms with Gasteiger partial charge in [0, 0.05) is 11.3 Å². The molecule has 0 aliphatic heterocycles. The predicted octanol–water partition coefficient (Wildman–Crippen LogP) is 3.62. The highest BCUT2D eigenvalue weighted by Gasteiger charge is 2.07. The van der Waals surface area contributed by atoms with Gasteiger partial charge < -0.3 is 14.8 Å². The van der Waals surface area contributed by atoms with Gasteiger partial charge >= 0.3 is 0 Å². The molecule has 0 saturated heterocycles. The van der Waals surface area contributed by atoms with E-state index in [-0.39, 0.29) is 5.91 Å². The summed E-state index contributed by atoms with van der Waals surface area (Å²) in [6, 6.07) is 14.2. The number of carbonyl (C=O) groups excluding carboxylic acids is 1. The lowest BCUT2D eigenvalue weighted by atomic mass is 10.1.